The second-order valence-electron chi connectivity index (χ2n) is 5.72. The molecule has 0 aliphatic rings. The molecule has 0 heterocycles. The van der Waals surface area contributed by atoms with E-state index in [-0.39, 0.29) is 0 Å². The summed E-state index contributed by atoms with van der Waals surface area (Å²) >= 11 is 0. The monoisotopic (exact) mass is 540 g/mol. The Kier molecular flexibility index (Phi) is 8.31. The van der Waals surface area contributed by atoms with Crippen molar-refractivity contribution in [1.29, 1.82) is 0 Å². The van der Waals surface area contributed by atoms with Gasteiger partial charge in [-0.3, -0.25) is 0 Å². The normalized spacial score (nSPS) is 16.1. The van der Waals surface area contributed by atoms with Crippen molar-refractivity contribution in [3.63, 3.8) is 0 Å². The highest BCUT2D eigenvalue weighted by Gasteiger charge is 2.95. The number of alkyl halides is 17. The Bertz CT molecular complexity index is 642. The number of hydrogen-bond donors (Lipinski definition) is 0. The standard InChI is InChI=1S/C11H9F17O3Si/c1-29-32(30-2)31-3-4(12,13)5(14,15)6(16,17)7(18,19)8(20,21)9(22,23)10(24,25)11(26,27)28/h32H,3H2,1-2H3. The fourth-order valence-electron chi connectivity index (χ4n) is 1.69. The Balaban J connectivity index is 6.47. The molecule has 0 aliphatic carbocycles. The molecule has 0 radical (unpaired) electrons. The van der Waals surface area contributed by atoms with Crippen LogP contribution < -0.4 is 0 Å². The van der Waals surface area contributed by atoms with Crippen molar-refractivity contribution in [2.45, 2.75) is 47.6 Å². The van der Waals surface area contributed by atoms with Crippen LogP contribution in [0.3, 0.4) is 0 Å². The molecule has 0 bridgehead atoms. The Morgan fingerprint density at radius 1 is 0.469 bits per heavy atom. The van der Waals surface area contributed by atoms with Crippen molar-refractivity contribution < 1.29 is 87.9 Å². The van der Waals surface area contributed by atoms with Crippen molar-refractivity contribution >= 4 is 9.53 Å². The summed E-state index contributed by atoms with van der Waals surface area (Å²) < 4.78 is 233. The summed E-state index contributed by atoms with van der Waals surface area (Å²) in [4.78, 5) is 0. The third-order valence-electron chi connectivity index (χ3n) is 3.57. The molecule has 0 amide bonds. The largest absolute Gasteiger partial charge is 0.483 e. The van der Waals surface area contributed by atoms with E-state index < -0.39 is 63.8 Å². The lowest BCUT2D eigenvalue weighted by Crippen LogP contribution is -2.74. The number of hydrogen-bond acceptors (Lipinski definition) is 3. The third kappa shape index (κ3) is 4.35. The van der Waals surface area contributed by atoms with E-state index in [2.05, 4.69) is 13.3 Å². The average molecular weight is 540 g/mol. The van der Waals surface area contributed by atoms with Crippen LogP contribution in [0.25, 0.3) is 0 Å². The van der Waals surface area contributed by atoms with Crippen molar-refractivity contribution in [2.75, 3.05) is 20.8 Å². The summed E-state index contributed by atoms with van der Waals surface area (Å²) in [5, 5.41) is 0. The first-order valence-electron chi connectivity index (χ1n) is 7.13. The molecule has 0 aromatic rings. The summed E-state index contributed by atoms with van der Waals surface area (Å²) in [6, 6.07) is 0. The molecular formula is C11H9F17O3Si. The zero-order valence-electron chi connectivity index (χ0n) is 14.9. The van der Waals surface area contributed by atoms with E-state index in [1.165, 1.54) is 0 Å². The van der Waals surface area contributed by atoms with Crippen molar-refractivity contribution in [3.8, 4) is 0 Å². The molecule has 194 valence electrons. The van der Waals surface area contributed by atoms with Crippen LogP contribution in [0.5, 0.6) is 0 Å². The van der Waals surface area contributed by atoms with E-state index >= 15 is 0 Å². The molecule has 0 rings (SSSR count). The third-order valence-corrected chi connectivity index (χ3v) is 4.78. The highest BCUT2D eigenvalue weighted by atomic mass is 28.3. The van der Waals surface area contributed by atoms with E-state index in [1.807, 2.05) is 0 Å². The van der Waals surface area contributed by atoms with Crippen LogP contribution in [0.4, 0.5) is 74.6 Å². The van der Waals surface area contributed by atoms with Gasteiger partial charge in [0.05, 0.1) is 0 Å². The molecule has 0 fully saturated rings. The Morgan fingerprint density at radius 2 is 0.750 bits per heavy atom. The molecule has 0 aliphatic heterocycles. The van der Waals surface area contributed by atoms with Crippen LogP contribution in [0.15, 0.2) is 0 Å². The van der Waals surface area contributed by atoms with E-state index in [1.54, 1.807) is 0 Å². The lowest BCUT2D eigenvalue weighted by atomic mass is 9.89. The van der Waals surface area contributed by atoms with Gasteiger partial charge >= 0.3 is 57.2 Å². The molecule has 0 saturated heterocycles. The van der Waals surface area contributed by atoms with E-state index in [9.17, 15) is 74.6 Å². The molecule has 0 unspecified atom stereocenters. The quantitative estimate of drug-likeness (QED) is 0.272. The van der Waals surface area contributed by atoms with Gasteiger partial charge in [0.15, 0.2) is 0 Å². The first-order valence-corrected chi connectivity index (χ1v) is 8.54. The van der Waals surface area contributed by atoms with Gasteiger partial charge in [-0.1, -0.05) is 0 Å². The Labute approximate surface area is 167 Å². The van der Waals surface area contributed by atoms with Crippen LogP contribution >= 0.6 is 0 Å². The second kappa shape index (κ2) is 8.60. The van der Waals surface area contributed by atoms with E-state index in [4.69, 9.17) is 0 Å². The van der Waals surface area contributed by atoms with Crippen molar-refractivity contribution in [3.05, 3.63) is 0 Å². The minimum Gasteiger partial charge on any atom is -0.379 e. The van der Waals surface area contributed by atoms with Gasteiger partial charge in [-0.25, -0.2) is 0 Å². The van der Waals surface area contributed by atoms with Gasteiger partial charge < -0.3 is 13.3 Å². The minimum atomic E-state index is -8.65. The highest BCUT2D eigenvalue weighted by molar-refractivity contribution is 6.36. The summed E-state index contributed by atoms with van der Waals surface area (Å²) in [6.07, 6.45) is -7.79. The molecule has 0 aromatic heterocycles. The van der Waals surface area contributed by atoms with Crippen LogP contribution in [-0.4, -0.2) is 78.0 Å². The predicted octanol–water partition coefficient (Wildman–Crippen LogP) is 5.02. The van der Waals surface area contributed by atoms with Gasteiger partial charge in [-0.05, 0) is 0 Å². The first-order chi connectivity index (χ1) is 13.7. The lowest BCUT2D eigenvalue weighted by molar-refractivity contribution is -0.462. The smallest absolute Gasteiger partial charge is 0.379 e. The first kappa shape index (κ1) is 30.9. The van der Waals surface area contributed by atoms with Gasteiger partial charge in [0.25, 0.3) is 0 Å². The second-order valence-corrected chi connectivity index (χ2v) is 7.57. The molecule has 3 nitrogen and oxygen atoms in total. The topological polar surface area (TPSA) is 27.7 Å². The van der Waals surface area contributed by atoms with Gasteiger partial charge in [0, 0.05) is 14.2 Å². The summed E-state index contributed by atoms with van der Waals surface area (Å²) in [5.74, 6) is -56.7. The maximum absolute atomic E-state index is 13.5. The fourth-order valence-corrected chi connectivity index (χ4v) is 2.50. The fraction of sp³-hybridized carbons (Fsp3) is 1.00. The Morgan fingerprint density at radius 3 is 1.03 bits per heavy atom. The van der Waals surface area contributed by atoms with Crippen LogP contribution in [0, 0.1) is 0 Å². The molecule has 21 heteroatoms. The molecule has 0 spiro atoms. The number of rotatable bonds is 11. The van der Waals surface area contributed by atoms with Crippen LogP contribution in [0.2, 0.25) is 0 Å². The Hall–Kier alpha value is -1.09. The zero-order valence-corrected chi connectivity index (χ0v) is 16.1. The van der Waals surface area contributed by atoms with Gasteiger partial charge in [-0.15, -0.1) is 0 Å². The molecule has 0 atom stereocenters. The molecule has 32 heavy (non-hydrogen) atoms. The maximum Gasteiger partial charge on any atom is 0.483 e. The number of halogens is 17. The average Bonchev–Trinajstić information content (AvgIpc) is 2.60. The van der Waals surface area contributed by atoms with Crippen molar-refractivity contribution in [1.82, 2.24) is 0 Å². The molecule has 0 saturated carbocycles. The highest BCUT2D eigenvalue weighted by Crippen LogP contribution is 2.63. The van der Waals surface area contributed by atoms with Gasteiger partial charge in [0.2, 0.25) is 0 Å². The molecule has 0 N–H and O–H groups in total. The molecule has 0 aromatic carbocycles. The van der Waals surface area contributed by atoms with Crippen LogP contribution in [0.1, 0.15) is 0 Å². The summed E-state index contributed by atoms with van der Waals surface area (Å²) in [7, 11) is -2.55. The maximum atomic E-state index is 13.5. The predicted molar refractivity (Wildman–Crippen MR) is 67.8 cm³/mol. The van der Waals surface area contributed by atoms with E-state index in [0.717, 1.165) is 0 Å². The van der Waals surface area contributed by atoms with Gasteiger partial charge in [0.1, 0.15) is 6.61 Å². The van der Waals surface area contributed by atoms with Crippen LogP contribution in [-0.2, 0) is 13.3 Å². The van der Waals surface area contributed by atoms with Crippen molar-refractivity contribution in [2.24, 2.45) is 0 Å². The zero-order chi connectivity index (χ0) is 26.4. The summed E-state index contributed by atoms with van der Waals surface area (Å²) in [6.45, 7) is -3.04. The lowest BCUT2D eigenvalue weighted by Gasteiger charge is -2.42. The minimum absolute atomic E-state index is 0.628. The molecular weight excluding hydrogens is 531 g/mol. The van der Waals surface area contributed by atoms with Gasteiger partial charge in [-0.2, -0.15) is 74.6 Å². The van der Waals surface area contributed by atoms with E-state index in [0.29, 0.717) is 14.2 Å². The summed E-state index contributed by atoms with van der Waals surface area (Å²) in [5.41, 5.74) is 0. The SMILES string of the molecule is CO[SiH](OC)OCC(F)(F)C(F)(F)C(F)(F)C(F)(F)C(F)(F)C(F)(F)C(F)(F)C(F)(F)F.